The molecule has 0 aliphatic carbocycles. The molecule has 0 aliphatic heterocycles. The summed E-state index contributed by atoms with van der Waals surface area (Å²) in [5.41, 5.74) is 0.994. The molecule has 0 spiro atoms. The molecule has 2 aromatic heterocycles. The number of thiophene rings is 1. The molecule has 7 heteroatoms. The van der Waals surface area contributed by atoms with Crippen LogP contribution in [-0.2, 0) is 11.3 Å². The molecule has 0 aliphatic rings. The summed E-state index contributed by atoms with van der Waals surface area (Å²) in [4.78, 5) is 13.5. The second-order valence-electron chi connectivity index (χ2n) is 5.26. The van der Waals surface area contributed by atoms with E-state index in [-0.39, 0.29) is 11.2 Å². The monoisotopic (exact) mass is 358 g/mol. The summed E-state index contributed by atoms with van der Waals surface area (Å²) in [6.45, 7) is 4.35. The van der Waals surface area contributed by atoms with Crippen LogP contribution >= 0.6 is 23.1 Å². The Morgan fingerprint density at radius 3 is 2.75 bits per heavy atom. The minimum Gasteiger partial charge on any atom is -0.350 e. The summed E-state index contributed by atoms with van der Waals surface area (Å²) < 4.78 is 1.97. The summed E-state index contributed by atoms with van der Waals surface area (Å²) >= 11 is 3.05. The largest absolute Gasteiger partial charge is 0.350 e. The van der Waals surface area contributed by atoms with Crippen molar-refractivity contribution in [1.29, 1.82) is 0 Å². The van der Waals surface area contributed by atoms with Crippen LogP contribution in [-0.4, -0.2) is 25.9 Å². The second-order valence-corrected chi connectivity index (χ2v) is 7.60. The van der Waals surface area contributed by atoms with E-state index in [1.807, 2.05) is 66.3 Å². The fourth-order valence-electron chi connectivity index (χ4n) is 2.24. The van der Waals surface area contributed by atoms with Gasteiger partial charge in [0.15, 0.2) is 5.16 Å². The molecule has 1 N–H and O–H groups in total. The highest BCUT2D eigenvalue weighted by Crippen LogP contribution is 2.25. The van der Waals surface area contributed by atoms with Gasteiger partial charge >= 0.3 is 0 Å². The first kappa shape index (κ1) is 16.7. The van der Waals surface area contributed by atoms with Crippen LogP contribution in [0.15, 0.2) is 53.0 Å². The van der Waals surface area contributed by atoms with E-state index in [2.05, 4.69) is 15.5 Å². The molecule has 0 bridgehead atoms. The number of aromatic nitrogens is 3. The Labute approximate surface area is 149 Å². The van der Waals surface area contributed by atoms with Crippen LogP contribution in [0.4, 0.5) is 0 Å². The van der Waals surface area contributed by atoms with Gasteiger partial charge in [-0.2, -0.15) is 0 Å². The number of para-hydroxylation sites is 1. The topological polar surface area (TPSA) is 59.8 Å². The molecule has 5 nitrogen and oxygen atoms in total. The Hall–Kier alpha value is -2.12. The lowest BCUT2D eigenvalue weighted by molar-refractivity contribution is -0.120. The van der Waals surface area contributed by atoms with Gasteiger partial charge in [-0.15, -0.1) is 21.5 Å². The molecule has 0 saturated heterocycles. The fraction of sp³-hybridized carbons (Fsp3) is 0.235. The van der Waals surface area contributed by atoms with Gasteiger partial charge in [0.25, 0.3) is 0 Å². The normalized spacial score (nSPS) is 12.1. The van der Waals surface area contributed by atoms with Crippen LogP contribution in [0.3, 0.4) is 0 Å². The van der Waals surface area contributed by atoms with Crippen LogP contribution < -0.4 is 5.32 Å². The number of nitrogens with zero attached hydrogens (tertiary/aromatic N) is 3. The molecule has 2 heterocycles. The van der Waals surface area contributed by atoms with Crippen LogP contribution in [0.25, 0.3) is 5.69 Å². The standard InChI is InChI=1S/C17H18N4OS2/c1-12(16(22)18-11-15-9-6-10-23-15)24-17-20-19-13(2)21(17)14-7-4-3-5-8-14/h3-10,12H,11H2,1-2H3,(H,18,22)/t12-/m1/s1. The van der Waals surface area contributed by atoms with Crippen molar-refractivity contribution in [1.82, 2.24) is 20.1 Å². The van der Waals surface area contributed by atoms with Gasteiger partial charge in [0.05, 0.1) is 11.8 Å². The molecule has 24 heavy (non-hydrogen) atoms. The van der Waals surface area contributed by atoms with Crippen molar-refractivity contribution in [2.75, 3.05) is 0 Å². The Bertz CT molecular complexity index is 799. The second kappa shape index (κ2) is 7.63. The van der Waals surface area contributed by atoms with Crippen molar-refractivity contribution in [3.05, 3.63) is 58.5 Å². The zero-order valence-corrected chi connectivity index (χ0v) is 15.1. The van der Waals surface area contributed by atoms with Gasteiger partial charge in [0, 0.05) is 10.6 Å². The summed E-state index contributed by atoms with van der Waals surface area (Å²) in [5.74, 6) is 0.795. The number of carbonyl (C=O) groups is 1. The SMILES string of the molecule is Cc1nnc(S[C@H](C)C(=O)NCc2cccs2)n1-c1ccccc1. The molecule has 1 amide bonds. The van der Waals surface area contributed by atoms with Gasteiger partial charge in [-0.05, 0) is 37.4 Å². The number of nitrogens with one attached hydrogen (secondary N) is 1. The summed E-state index contributed by atoms with van der Waals surface area (Å²) in [7, 11) is 0. The van der Waals surface area contributed by atoms with E-state index >= 15 is 0 Å². The first-order valence-corrected chi connectivity index (χ1v) is 9.35. The van der Waals surface area contributed by atoms with Crippen molar-refractivity contribution in [3.63, 3.8) is 0 Å². The minimum atomic E-state index is -0.254. The number of hydrogen-bond acceptors (Lipinski definition) is 5. The minimum absolute atomic E-state index is 0.00587. The molecule has 3 rings (SSSR count). The number of benzene rings is 1. The predicted octanol–water partition coefficient (Wildman–Crippen LogP) is 3.43. The van der Waals surface area contributed by atoms with E-state index in [0.29, 0.717) is 6.54 Å². The predicted molar refractivity (Wildman–Crippen MR) is 97.6 cm³/mol. The summed E-state index contributed by atoms with van der Waals surface area (Å²) in [6.07, 6.45) is 0. The Morgan fingerprint density at radius 2 is 2.04 bits per heavy atom. The highest BCUT2D eigenvalue weighted by Gasteiger charge is 2.19. The Kier molecular flexibility index (Phi) is 5.32. The molecule has 0 radical (unpaired) electrons. The quantitative estimate of drug-likeness (QED) is 0.686. The maximum Gasteiger partial charge on any atom is 0.233 e. The van der Waals surface area contributed by atoms with E-state index in [4.69, 9.17) is 0 Å². The smallest absolute Gasteiger partial charge is 0.233 e. The zero-order valence-electron chi connectivity index (χ0n) is 13.5. The van der Waals surface area contributed by atoms with Crippen molar-refractivity contribution < 1.29 is 4.79 Å². The van der Waals surface area contributed by atoms with Crippen molar-refractivity contribution in [2.45, 2.75) is 30.8 Å². The molecular formula is C17H18N4OS2. The van der Waals surface area contributed by atoms with E-state index in [1.54, 1.807) is 11.3 Å². The van der Waals surface area contributed by atoms with E-state index < -0.39 is 0 Å². The van der Waals surface area contributed by atoms with Crippen molar-refractivity contribution in [3.8, 4) is 5.69 Å². The average Bonchev–Trinajstić information content (AvgIpc) is 3.23. The molecule has 0 unspecified atom stereocenters. The number of amides is 1. The molecule has 3 aromatic rings. The number of rotatable bonds is 6. The molecule has 124 valence electrons. The zero-order chi connectivity index (χ0) is 16.9. The Balaban J connectivity index is 1.68. The average molecular weight is 358 g/mol. The molecule has 0 saturated carbocycles. The van der Waals surface area contributed by atoms with E-state index in [1.165, 1.54) is 11.8 Å². The van der Waals surface area contributed by atoms with Crippen molar-refractivity contribution in [2.24, 2.45) is 0 Å². The molecule has 1 atom stereocenters. The highest BCUT2D eigenvalue weighted by molar-refractivity contribution is 8.00. The number of hydrogen-bond donors (Lipinski definition) is 1. The lowest BCUT2D eigenvalue weighted by atomic mass is 10.3. The summed E-state index contributed by atoms with van der Waals surface area (Å²) in [6, 6.07) is 13.9. The van der Waals surface area contributed by atoms with Gasteiger partial charge in [-0.25, -0.2) is 0 Å². The van der Waals surface area contributed by atoms with Crippen LogP contribution in [0.1, 0.15) is 17.6 Å². The van der Waals surface area contributed by atoms with E-state index in [9.17, 15) is 4.79 Å². The third-order valence-corrected chi connectivity index (χ3v) is 5.40. The van der Waals surface area contributed by atoms with Gasteiger partial charge in [0.2, 0.25) is 5.91 Å². The summed E-state index contributed by atoms with van der Waals surface area (Å²) in [5, 5.41) is 13.8. The fourth-order valence-corrected chi connectivity index (χ4v) is 3.82. The number of aryl methyl sites for hydroxylation is 1. The number of carbonyl (C=O) groups excluding carboxylic acids is 1. The number of thioether (sulfide) groups is 1. The third-order valence-electron chi connectivity index (χ3n) is 3.48. The van der Waals surface area contributed by atoms with Gasteiger partial charge in [-0.3, -0.25) is 9.36 Å². The molecular weight excluding hydrogens is 340 g/mol. The van der Waals surface area contributed by atoms with E-state index in [0.717, 1.165) is 21.5 Å². The van der Waals surface area contributed by atoms with Gasteiger partial charge in [0.1, 0.15) is 5.82 Å². The maximum absolute atomic E-state index is 12.3. The van der Waals surface area contributed by atoms with Crippen LogP contribution in [0.5, 0.6) is 0 Å². The molecule has 0 fully saturated rings. The third kappa shape index (κ3) is 3.85. The van der Waals surface area contributed by atoms with Crippen molar-refractivity contribution >= 4 is 29.0 Å². The highest BCUT2D eigenvalue weighted by atomic mass is 32.2. The lowest BCUT2D eigenvalue weighted by Crippen LogP contribution is -2.30. The maximum atomic E-state index is 12.3. The Morgan fingerprint density at radius 1 is 1.25 bits per heavy atom. The first-order chi connectivity index (χ1) is 11.6. The lowest BCUT2D eigenvalue weighted by Gasteiger charge is -2.13. The van der Waals surface area contributed by atoms with Gasteiger partial charge in [-0.1, -0.05) is 36.0 Å². The van der Waals surface area contributed by atoms with Crippen LogP contribution in [0.2, 0.25) is 0 Å². The van der Waals surface area contributed by atoms with Crippen LogP contribution in [0, 0.1) is 6.92 Å². The van der Waals surface area contributed by atoms with Gasteiger partial charge < -0.3 is 5.32 Å². The molecule has 1 aromatic carbocycles. The first-order valence-electron chi connectivity index (χ1n) is 7.59.